The van der Waals surface area contributed by atoms with Crippen LogP contribution >= 0.6 is 11.8 Å². The first kappa shape index (κ1) is 17.2. The van der Waals surface area contributed by atoms with Gasteiger partial charge < -0.3 is 15.4 Å². The fraction of sp³-hybridized carbons (Fsp3) is 0.278. The molecule has 2 rings (SSSR count). The van der Waals surface area contributed by atoms with Crippen LogP contribution in [0.1, 0.15) is 12.5 Å². The van der Waals surface area contributed by atoms with Gasteiger partial charge in [-0.25, -0.2) is 4.79 Å². The summed E-state index contributed by atoms with van der Waals surface area (Å²) in [5.74, 6) is 0.880. The van der Waals surface area contributed by atoms with Crippen LogP contribution in [0.25, 0.3) is 0 Å². The minimum Gasteiger partial charge on any atom is -0.494 e. The van der Waals surface area contributed by atoms with Crippen LogP contribution in [0.3, 0.4) is 0 Å². The average molecular weight is 330 g/mol. The Bertz CT molecular complexity index is 629. The zero-order valence-electron chi connectivity index (χ0n) is 13.5. The number of carbonyl (C=O) groups excluding carboxylic acids is 1. The molecule has 0 saturated carbocycles. The smallest absolute Gasteiger partial charge is 0.319 e. The lowest BCUT2D eigenvalue weighted by Crippen LogP contribution is -2.30. The van der Waals surface area contributed by atoms with Crippen molar-refractivity contribution >= 4 is 23.5 Å². The Balaban J connectivity index is 1.80. The molecule has 0 bridgehead atoms. The number of anilines is 1. The van der Waals surface area contributed by atoms with Gasteiger partial charge in [-0.1, -0.05) is 18.2 Å². The Morgan fingerprint density at radius 1 is 1.13 bits per heavy atom. The van der Waals surface area contributed by atoms with E-state index in [0.29, 0.717) is 13.2 Å². The average Bonchev–Trinajstić information content (AvgIpc) is 2.57. The van der Waals surface area contributed by atoms with Gasteiger partial charge in [-0.2, -0.15) is 0 Å². The van der Waals surface area contributed by atoms with Crippen molar-refractivity contribution in [3.8, 4) is 5.75 Å². The Kier molecular flexibility index (Phi) is 6.81. The second-order valence-electron chi connectivity index (χ2n) is 4.90. The third kappa shape index (κ3) is 5.53. The Morgan fingerprint density at radius 2 is 1.87 bits per heavy atom. The van der Waals surface area contributed by atoms with E-state index in [1.54, 1.807) is 11.8 Å². The Labute approximate surface area is 141 Å². The largest absolute Gasteiger partial charge is 0.494 e. The summed E-state index contributed by atoms with van der Waals surface area (Å²) < 4.78 is 5.58. The number of carbonyl (C=O) groups is 1. The number of hydrogen-bond acceptors (Lipinski definition) is 3. The van der Waals surface area contributed by atoms with E-state index >= 15 is 0 Å². The minimum absolute atomic E-state index is 0.198. The van der Waals surface area contributed by atoms with Crippen LogP contribution in [0.15, 0.2) is 53.4 Å². The Morgan fingerprint density at radius 3 is 2.57 bits per heavy atom. The molecule has 2 aromatic rings. The SMILES string of the molecule is CCOc1ccccc1CCNC(=O)Nc1ccc(SC)cc1. The van der Waals surface area contributed by atoms with Gasteiger partial charge in [-0.05, 0) is 55.5 Å². The number of urea groups is 1. The van der Waals surface area contributed by atoms with Crippen LogP contribution in [0, 0.1) is 0 Å². The number of benzene rings is 2. The van der Waals surface area contributed by atoms with Crippen molar-refractivity contribution in [1.29, 1.82) is 0 Å². The maximum absolute atomic E-state index is 11.9. The van der Waals surface area contributed by atoms with E-state index in [-0.39, 0.29) is 6.03 Å². The lowest BCUT2D eigenvalue weighted by Gasteiger charge is -2.11. The molecule has 0 aliphatic heterocycles. The molecule has 0 heterocycles. The summed E-state index contributed by atoms with van der Waals surface area (Å²) in [4.78, 5) is 13.1. The molecular formula is C18H22N2O2S. The highest BCUT2D eigenvalue weighted by atomic mass is 32.2. The fourth-order valence-electron chi connectivity index (χ4n) is 2.17. The summed E-state index contributed by atoms with van der Waals surface area (Å²) in [5, 5.41) is 5.70. The molecule has 0 fully saturated rings. The fourth-order valence-corrected chi connectivity index (χ4v) is 2.58. The van der Waals surface area contributed by atoms with Gasteiger partial charge in [0.15, 0.2) is 0 Å². The number of nitrogens with one attached hydrogen (secondary N) is 2. The van der Waals surface area contributed by atoms with E-state index in [2.05, 4.69) is 10.6 Å². The van der Waals surface area contributed by atoms with Gasteiger partial charge in [0.05, 0.1) is 6.61 Å². The molecule has 0 saturated heterocycles. The van der Waals surface area contributed by atoms with Crippen LogP contribution < -0.4 is 15.4 Å². The molecule has 2 N–H and O–H groups in total. The van der Waals surface area contributed by atoms with Crippen molar-refractivity contribution < 1.29 is 9.53 Å². The lowest BCUT2D eigenvalue weighted by molar-refractivity contribution is 0.252. The van der Waals surface area contributed by atoms with Crippen molar-refractivity contribution in [1.82, 2.24) is 5.32 Å². The summed E-state index contributed by atoms with van der Waals surface area (Å²) in [6.07, 6.45) is 2.75. The van der Waals surface area contributed by atoms with Crippen LogP contribution in [-0.4, -0.2) is 25.4 Å². The van der Waals surface area contributed by atoms with Crippen molar-refractivity contribution in [2.45, 2.75) is 18.2 Å². The summed E-state index contributed by atoms with van der Waals surface area (Å²) in [6.45, 7) is 3.15. The van der Waals surface area contributed by atoms with Crippen LogP contribution in [0.5, 0.6) is 5.75 Å². The van der Waals surface area contributed by atoms with Gasteiger partial charge in [0.2, 0.25) is 0 Å². The summed E-state index contributed by atoms with van der Waals surface area (Å²) in [7, 11) is 0. The van der Waals surface area contributed by atoms with E-state index in [1.807, 2.05) is 61.7 Å². The third-order valence-corrected chi connectivity index (χ3v) is 4.04. The zero-order chi connectivity index (χ0) is 16.5. The van der Waals surface area contributed by atoms with E-state index in [9.17, 15) is 4.79 Å². The molecule has 4 nitrogen and oxygen atoms in total. The van der Waals surface area contributed by atoms with Crippen molar-refractivity contribution in [2.24, 2.45) is 0 Å². The maximum atomic E-state index is 11.9. The van der Waals surface area contributed by atoms with Crippen molar-refractivity contribution in [3.05, 3.63) is 54.1 Å². The van der Waals surface area contributed by atoms with E-state index < -0.39 is 0 Å². The quantitative estimate of drug-likeness (QED) is 0.749. The van der Waals surface area contributed by atoms with Gasteiger partial charge in [0, 0.05) is 17.1 Å². The maximum Gasteiger partial charge on any atom is 0.319 e. The van der Waals surface area contributed by atoms with Gasteiger partial charge >= 0.3 is 6.03 Å². The van der Waals surface area contributed by atoms with Gasteiger partial charge in [-0.3, -0.25) is 0 Å². The first-order chi connectivity index (χ1) is 11.2. The molecular weight excluding hydrogens is 308 g/mol. The Hall–Kier alpha value is -2.14. The topological polar surface area (TPSA) is 50.4 Å². The molecule has 0 radical (unpaired) electrons. The molecule has 122 valence electrons. The number of hydrogen-bond donors (Lipinski definition) is 2. The number of amides is 2. The monoisotopic (exact) mass is 330 g/mol. The third-order valence-electron chi connectivity index (χ3n) is 3.30. The number of rotatable bonds is 7. The van der Waals surface area contributed by atoms with E-state index in [0.717, 1.165) is 23.4 Å². The highest BCUT2D eigenvalue weighted by Gasteiger charge is 2.04. The molecule has 5 heteroatoms. The molecule has 0 unspecified atom stereocenters. The summed E-state index contributed by atoms with van der Waals surface area (Å²) in [6, 6.07) is 15.5. The molecule has 0 aliphatic carbocycles. The van der Waals surface area contributed by atoms with E-state index in [1.165, 1.54) is 4.90 Å². The highest BCUT2D eigenvalue weighted by Crippen LogP contribution is 2.18. The van der Waals surface area contributed by atoms with Crippen LogP contribution in [0.2, 0.25) is 0 Å². The second-order valence-corrected chi connectivity index (χ2v) is 5.78. The summed E-state index contributed by atoms with van der Waals surface area (Å²) >= 11 is 1.67. The molecule has 0 spiro atoms. The number of ether oxygens (including phenoxy) is 1. The molecule has 23 heavy (non-hydrogen) atoms. The predicted octanol–water partition coefficient (Wildman–Crippen LogP) is 4.17. The molecule has 0 aromatic heterocycles. The normalized spacial score (nSPS) is 10.2. The zero-order valence-corrected chi connectivity index (χ0v) is 14.3. The van der Waals surface area contributed by atoms with Crippen LogP contribution in [-0.2, 0) is 6.42 Å². The van der Waals surface area contributed by atoms with E-state index in [4.69, 9.17) is 4.74 Å². The van der Waals surface area contributed by atoms with Gasteiger partial charge in [0.25, 0.3) is 0 Å². The summed E-state index contributed by atoms with van der Waals surface area (Å²) in [5.41, 5.74) is 1.88. The lowest BCUT2D eigenvalue weighted by atomic mass is 10.1. The predicted molar refractivity (Wildman–Crippen MR) is 96.6 cm³/mol. The van der Waals surface area contributed by atoms with Gasteiger partial charge in [-0.15, -0.1) is 11.8 Å². The number of thioether (sulfide) groups is 1. The molecule has 0 atom stereocenters. The minimum atomic E-state index is -0.198. The first-order valence-corrected chi connectivity index (χ1v) is 8.85. The standard InChI is InChI=1S/C18H22N2O2S/c1-3-22-17-7-5-4-6-14(17)12-13-19-18(21)20-15-8-10-16(23-2)11-9-15/h4-11H,3,12-13H2,1-2H3,(H2,19,20,21). The molecule has 2 aromatic carbocycles. The van der Waals surface area contributed by atoms with Gasteiger partial charge in [0.1, 0.15) is 5.75 Å². The van der Waals surface area contributed by atoms with Crippen LogP contribution in [0.4, 0.5) is 10.5 Å². The van der Waals surface area contributed by atoms with Crippen molar-refractivity contribution in [2.75, 3.05) is 24.7 Å². The molecule has 0 aliphatic rings. The second kappa shape index (κ2) is 9.10. The van der Waals surface area contributed by atoms with Crippen molar-refractivity contribution in [3.63, 3.8) is 0 Å². The number of para-hydroxylation sites is 1. The first-order valence-electron chi connectivity index (χ1n) is 7.62. The highest BCUT2D eigenvalue weighted by molar-refractivity contribution is 7.98. The molecule has 2 amide bonds.